The highest BCUT2D eigenvalue weighted by molar-refractivity contribution is 8.44. The summed E-state index contributed by atoms with van der Waals surface area (Å²) in [4.78, 5) is 46.9. The van der Waals surface area contributed by atoms with E-state index in [1.807, 2.05) is 11.5 Å². The molecule has 2 aliphatic carbocycles. The van der Waals surface area contributed by atoms with E-state index in [4.69, 9.17) is 39.0 Å². The van der Waals surface area contributed by atoms with Crippen molar-refractivity contribution in [3.63, 3.8) is 0 Å². The maximum absolute atomic E-state index is 13.8. The molecule has 2 bridgehead atoms. The van der Waals surface area contributed by atoms with Crippen molar-refractivity contribution in [2.75, 3.05) is 31.8 Å². The van der Waals surface area contributed by atoms with E-state index in [0.29, 0.717) is 17.6 Å². The Labute approximate surface area is 269 Å². The molecular weight excluding hydrogens is 682 g/mol. The zero-order valence-corrected chi connectivity index (χ0v) is 27.4. The lowest BCUT2D eigenvalue weighted by atomic mass is 9.94. The van der Waals surface area contributed by atoms with Crippen LogP contribution in [0.1, 0.15) is 25.6 Å². The predicted molar refractivity (Wildman–Crippen MR) is 164 cm³/mol. The summed E-state index contributed by atoms with van der Waals surface area (Å²) in [5.74, 6) is -0.468. The van der Waals surface area contributed by atoms with Gasteiger partial charge in [0.2, 0.25) is 5.95 Å². The topological polar surface area (TPSA) is 269 Å². The number of hydrogen-bond acceptors (Lipinski definition) is 16. The molecule has 2 aliphatic heterocycles. The van der Waals surface area contributed by atoms with Gasteiger partial charge in [0.05, 0.1) is 32.0 Å². The summed E-state index contributed by atoms with van der Waals surface area (Å²) in [5.41, 5.74) is 11.2. The number of nitrogens with two attached hydrogens (primary N) is 2. The van der Waals surface area contributed by atoms with Crippen LogP contribution in [0.15, 0.2) is 23.8 Å². The number of H-pyrrole nitrogens is 1. The highest BCUT2D eigenvalue weighted by Gasteiger charge is 2.73. The molecule has 3 unspecified atom stereocenters. The number of thiol groups is 1. The second-order valence-electron chi connectivity index (χ2n) is 12.1. The van der Waals surface area contributed by atoms with Crippen LogP contribution in [0.25, 0.3) is 22.3 Å². The first kappa shape index (κ1) is 31.3. The third-order valence-corrected chi connectivity index (χ3v) is 12.1. The Morgan fingerprint density at radius 3 is 2.66 bits per heavy atom. The Bertz CT molecular complexity index is 2060. The molecule has 2 saturated heterocycles. The first-order valence-electron chi connectivity index (χ1n) is 14.5. The Hall–Kier alpha value is -2.97. The fourth-order valence-corrected chi connectivity index (χ4v) is 10.1. The number of ether oxygens (including phenoxy) is 2. The van der Waals surface area contributed by atoms with E-state index >= 15 is 0 Å². The molecule has 252 valence electrons. The summed E-state index contributed by atoms with van der Waals surface area (Å²) >= 11 is 4.31. The standard InChI is InChI=1S/C24H30N10O10P2S/c1-9-14(33-7-29-12-18(25)27-6-28-19(12)33)10-3-24(10)5-41-45(36,37)43-16-15(39-2)11(4-40-46(38,47)44-17(9)24)42-22(16)34-8-30-13-20(34)31-23(26)32-21(13)35/h6-11,14-17,22H,3-5H2,1-2H3,(H,36,37)(H,38,47)(H2,25,27,28)(H3,26,31,32,35)/t9-,10+,11+,14-,15+,16+,17-,22+,24?,46?/m0/s1. The van der Waals surface area contributed by atoms with Crippen molar-refractivity contribution in [1.82, 2.24) is 39.0 Å². The van der Waals surface area contributed by atoms with Gasteiger partial charge in [0.1, 0.15) is 30.2 Å². The smallest absolute Gasteiger partial charge is 0.382 e. The number of nitrogens with zero attached hydrogens (tertiary/aromatic N) is 7. The molecule has 47 heavy (non-hydrogen) atoms. The highest BCUT2D eigenvalue weighted by atomic mass is 32.7. The maximum atomic E-state index is 13.8. The summed E-state index contributed by atoms with van der Waals surface area (Å²) in [6, 6.07) is -0.289. The lowest BCUT2D eigenvalue weighted by Crippen LogP contribution is -2.37. The molecule has 0 amide bonds. The summed E-state index contributed by atoms with van der Waals surface area (Å²) in [6.07, 6.45) is -0.759. The summed E-state index contributed by atoms with van der Waals surface area (Å²) in [5, 5.41) is 0. The fraction of sp³-hybridized carbons (Fsp3) is 0.583. The first-order chi connectivity index (χ1) is 22.3. The zero-order chi connectivity index (χ0) is 33.0. The Morgan fingerprint density at radius 2 is 1.87 bits per heavy atom. The number of anilines is 2. The van der Waals surface area contributed by atoms with Crippen molar-refractivity contribution in [1.29, 1.82) is 0 Å². The molecule has 0 aromatic carbocycles. The molecule has 4 aliphatic rings. The highest BCUT2D eigenvalue weighted by Crippen LogP contribution is 2.74. The van der Waals surface area contributed by atoms with E-state index in [1.165, 1.54) is 24.3 Å². The van der Waals surface area contributed by atoms with Crippen molar-refractivity contribution < 1.29 is 41.6 Å². The molecule has 6 N–H and O–H groups in total. The minimum Gasteiger partial charge on any atom is -0.382 e. The van der Waals surface area contributed by atoms with Crippen LogP contribution in [0.2, 0.25) is 0 Å². The quantitative estimate of drug-likeness (QED) is 0.147. The molecule has 23 heteroatoms. The third kappa shape index (κ3) is 4.95. The number of imidazole rings is 2. The van der Waals surface area contributed by atoms with Crippen molar-refractivity contribution in [2.45, 2.75) is 50.0 Å². The van der Waals surface area contributed by atoms with Gasteiger partial charge in [0.15, 0.2) is 28.9 Å². The van der Waals surface area contributed by atoms with E-state index in [2.05, 4.69) is 42.2 Å². The van der Waals surface area contributed by atoms with Gasteiger partial charge in [-0.2, -0.15) is 4.98 Å². The third-order valence-electron chi connectivity index (χ3n) is 9.56. The van der Waals surface area contributed by atoms with E-state index in [-0.39, 0.29) is 54.0 Å². The number of phosphoric ester groups is 1. The molecule has 4 aromatic heterocycles. The normalized spacial score (nSPS) is 40.4. The fourth-order valence-electron chi connectivity index (χ4n) is 7.51. The van der Waals surface area contributed by atoms with E-state index in [1.54, 1.807) is 6.33 Å². The van der Waals surface area contributed by atoms with E-state index in [0.717, 1.165) is 0 Å². The van der Waals surface area contributed by atoms with Crippen LogP contribution in [0.3, 0.4) is 0 Å². The lowest BCUT2D eigenvalue weighted by molar-refractivity contribution is -0.0554. The monoisotopic (exact) mass is 712 g/mol. The molecule has 8 rings (SSSR count). The van der Waals surface area contributed by atoms with Crippen LogP contribution in [-0.4, -0.2) is 88.7 Å². The van der Waals surface area contributed by atoms with Crippen molar-refractivity contribution in [2.24, 2.45) is 17.3 Å². The summed E-state index contributed by atoms with van der Waals surface area (Å²) in [7, 11) is -3.52. The molecule has 1 spiro atoms. The largest absolute Gasteiger partial charge is 0.472 e. The molecule has 0 radical (unpaired) electrons. The van der Waals surface area contributed by atoms with Crippen LogP contribution in [0, 0.1) is 17.3 Å². The number of aromatic amines is 1. The number of hydrogen-bond donors (Lipinski definition) is 5. The first-order valence-corrected chi connectivity index (χ1v) is 18.7. The van der Waals surface area contributed by atoms with Gasteiger partial charge in [-0.05, 0) is 12.3 Å². The van der Waals surface area contributed by atoms with Gasteiger partial charge in [0.25, 0.3) is 5.56 Å². The maximum Gasteiger partial charge on any atom is 0.472 e. The van der Waals surface area contributed by atoms with Gasteiger partial charge < -0.3 is 30.4 Å². The summed E-state index contributed by atoms with van der Waals surface area (Å²) in [6.45, 7) is -2.87. The van der Waals surface area contributed by atoms with Crippen LogP contribution in [0.4, 0.5) is 11.8 Å². The molecular formula is C24H30N10O10P2S. The van der Waals surface area contributed by atoms with Gasteiger partial charge in [-0.15, -0.1) is 0 Å². The number of rotatable bonds is 3. The number of nitrogens with one attached hydrogen (secondary N) is 1. The average Bonchev–Trinajstić information content (AvgIpc) is 3.30. The van der Waals surface area contributed by atoms with Gasteiger partial charge >= 0.3 is 14.6 Å². The molecule has 20 nitrogen and oxygen atoms in total. The number of methoxy groups -OCH3 is 1. The van der Waals surface area contributed by atoms with Crippen LogP contribution in [0.5, 0.6) is 0 Å². The van der Waals surface area contributed by atoms with E-state index in [9.17, 15) is 18.8 Å². The lowest BCUT2D eigenvalue weighted by Gasteiger charge is -2.31. The van der Waals surface area contributed by atoms with Crippen molar-refractivity contribution >= 4 is 61.0 Å². The summed E-state index contributed by atoms with van der Waals surface area (Å²) < 4.78 is 65.9. The van der Waals surface area contributed by atoms with Crippen LogP contribution >= 0.6 is 26.9 Å². The average molecular weight is 713 g/mol. The second kappa shape index (κ2) is 10.8. The molecule has 4 aromatic rings. The number of phosphoric acid groups is 1. The molecule has 11 atom stereocenters. The van der Waals surface area contributed by atoms with Crippen molar-refractivity contribution in [3.8, 4) is 0 Å². The van der Waals surface area contributed by atoms with Crippen molar-refractivity contribution in [3.05, 3.63) is 29.3 Å². The van der Waals surface area contributed by atoms with E-state index < -0.39 is 56.2 Å². The minimum atomic E-state index is -4.86. The van der Waals surface area contributed by atoms with Gasteiger partial charge in [-0.25, -0.2) is 29.1 Å². The van der Waals surface area contributed by atoms with Gasteiger partial charge in [-0.3, -0.25) is 32.4 Å². The molecule has 4 fully saturated rings. The zero-order valence-electron chi connectivity index (χ0n) is 24.7. The second-order valence-corrected chi connectivity index (χ2v) is 16.4. The van der Waals surface area contributed by atoms with Crippen LogP contribution < -0.4 is 17.0 Å². The number of aromatic nitrogens is 8. The predicted octanol–water partition coefficient (Wildman–Crippen LogP) is 1.19. The molecule has 6 heterocycles. The molecule has 2 saturated carbocycles. The number of nitrogen functional groups attached to an aromatic ring is 2. The minimum absolute atomic E-state index is 0.0202. The number of fused-ring (bicyclic) bond motifs is 4. The Kier molecular flexibility index (Phi) is 7.17. The SMILES string of the molecule is CO[C@H]1[C@H]2OP(=O)(O)OCC34C[C@@H]3[C@@H](n3cnc5c(N)ncnc53)[C@H](C)[C@@H]4OP(=O)(S)OC[C@H]1O[C@H]2n1cnc2c(=O)[nH]c(N)nc21. The van der Waals surface area contributed by atoms with Gasteiger partial charge in [0, 0.05) is 24.5 Å². The van der Waals surface area contributed by atoms with Crippen LogP contribution in [-0.2, 0) is 36.7 Å². The Balaban J connectivity index is 1.15. The Morgan fingerprint density at radius 1 is 1.11 bits per heavy atom. The van der Waals surface area contributed by atoms with Gasteiger partial charge in [-0.1, -0.05) is 19.2 Å².